The fourth-order valence-electron chi connectivity index (χ4n) is 2.55. The van der Waals surface area contributed by atoms with Gasteiger partial charge in [0.25, 0.3) is 0 Å². The van der Waals surface area contributed by atoms with E-state index in [0.29, 0.717) is 6.42 Å². The Morgan fingerprint density at radius 1 is 1.38 bits per heavy atom. The minimum Gasteiger partial charge on any atom is -0.358 e. The summed E-state index contributed by atoms with van der Waals surface area (Å²) in [6.45, 7) is 0. The van der Waals surface area contributed by atoms with Gasteiger partial charge in [-0.1, -0.05) is 18.2 Å². The molecule has 0 amide bonds. The smallest absolute Gasteiger partial charge is 0.140 e. The Morgan fingerprint density at radius 3 is 3.00 bits per heavy atom. The van der Waals surface area contributed by atoms with Gasteiger partial charge in [0.15, 0.2) is 0 Å². The molecule has 3 nitrogen and oxygen atoms in total. The monoisotopic (exact) mass is 214 g/mol. The topological polar surface area (TPSA) is 58.9 Å². The number of carbonyl (C=O) groups excluding carboxylic acids is 1. The summed E-state index contributed by atoms with van der Waals surface area (Å²) in [4.78, 5) is 14.4. The Hall–Kier alpha value is -1.61. The molecule has 3 heteroatoms. The van der Waals surface area contributed by atoms with Gasteiger partial charge in [-0.15, -0.1) is 0 Å². The molecule has 0 saturated carbocycles. The Balaban J connectivity index is 2.19. The van der Waals surface area contributed by atoms with Crippen LogP contribution in [0.1, 0.15) is 17.7 Å². The molecule has 3 rings (SSSR count). The van der Waals surface area contributed by atoms with E-state index in [9.17, 15) is 4.79 Å². The first-order valence-electron chi connectivity index (χ1n) is 5.55. The third-order valence-corrected chi connectivity index (χ3v) is 3.48. The SMILES string of the molecule is NC1(C=O)CCc2[nH]c3ccccc3c2C1. The second kappa shape index (κ2) is 3.19. The molecule has 82 valence electrons. The molecule has 1 aromatic carbocycles. The van der Waals surface area contributed by atoms with Crippen molar-refractivity contribution in [1.82, 2.24) is 4.98 Å². The maximum Gasteiger partial charge on any atom is 0.140 e. The van der Waals surface area contributed by atoms with E-state index >= 15 is 0 Å². The number of hydrogen-bond donors (Lipinski definition) is 2. The van der Waals surface area contributed by atoms with E-state index in [4.69, 9.17) is 5.73 Å². The number of rotatable bonds is 1. The van der Waals surface area contributed by atoms with Gasteiger partial charge in [0.1, 0.15) is 6.29 Å². The Kier molecular flexibility index (Phi) is 1.91. The number of aromatic nitrogens is 1. The maximum atomic E-state index is 11.0. The number of aromatic amines is 1. The van der Waals surface area contributed by atoms with Crippen LogP contribution < -0.4 is 5.73 Å². The molecule has 1 aliphatic rings. The molecule has 0 saturated heterocycles. The molecule has 0 fully saturated rings. The predicted octanol–water partition coefficient (Wildman–Crippen LogP) is 1.55. The quantitative estimate of drug-likeness (QED) is 0.708. The zero-order valence-corrected chi connectivity index (χ0v) is 8.99. The zero-order chi connectivity index (χ0) is 11.2. The minimum atomic E-state index is -0.669. The van der Waals surface area contributed by atoms with Crippen LogP contribution in [0.5, 0.6) is 0 Å². The van der Waals surface area contributed by atoms with Crippen LogP contribution in [0.25, 0.3) is 10.9 Å². The van der Waals surface area contributed by atoms with Crippen molar-refractivity contribution in [3.8, 4) is 0 Å². The first-order chi connectivity index (χ1) is 7.72. The normalized spacial score (nSPS) is 24.3. The highest BCUT2D eigenvalue weighted by Gasteiger charge is 2.32. The lowest BCUT2D eigenvalue weighted by Gasteiger charge is -2.27. The fourth-order valence-corrected chi connectivity index (χ4v) is 2.55. The molecule has 2 aromatic rings. The van der Waals surface area contributed by atoms with Crippen molar-refractivity contribution < 1.29 is 4.79 Å². The molecule has 1 unspecified atom stereocenters. The summed E-state index contributed by atoms with van der Waals surface area (Å²) in [6, 6.07) is 8.18. The van der Waals surface area contributed by atoms with Gasteiger partial charge in [0.2, 0.25) is 0 Å². The third-order valence-electron chi connectivity index (χ3n) is 3.48. The molecule has 0 aliphatic heterocycles. The van der Waals surface area contributed by atoms with E-state index in [-0.39, 0.29) is 0 Å². The molecule has 16 heavy (non-hydrogen) atoms. The van der Waals surface area contributed by atoms with Gasteiger partial charge in [-0.05, 0) is 30.9 Å². The summed E-state index contributed by atoms with van der Waals surface area (Å²) >= 11 is 0. The molecule has 3 N–H and O–H groups in total. The minimum absolute atomic E-state index is 0.649. The van der Waals surface area contributed by atoms with Gasteiger partial charge < -0.3 is 15.5 Å². The van der Waals surface area contributed by atoms with Crippen LogP contribution in [-0.2, 0) is 17.6 Å². The highest BCUT2D eigenvalue weighted by atomic mass is 16.1. The van der Waals surface area contributed by atoms with Crippen LogP contribution in [0, 0.1) is 0 Å². The second-order valence-corrected chi connectivity index (χ2v) is 4.66. The molecule has 0 bridgehead atoms. The number of nitrogens with one attached hydrogen (secondary N) is 1. The van der Waals surface area contributed by atoms with Crippen molar-refractivity contribution in [2.45, 2.75) is 24.8 Å². The number of carbonyl (C=O) groups is 1. The standard InChI is InChI=1S/C13H14N2O/c14-13(8-16)6-5-12-10(7-13)9-3-1-2-4-11(9)15-12/h1-4,8,15H,5-7,14H2. The number of fused-ring (bicyclic) bond motifs is 3. The molecular formula is C13H14N2O. The molecule has 0 radical (unpaired) electrons. The average molecular weight is 214 g/mol. The van der Waals surface area contributed by atoms with E-state index in [0.717, 1.165) is 24.6 Å². The van der Waals surface area contributed by atoms with Crippen molar-refractivity contribution in [3.63, 3.8) is 0 Å². The number of para-hydroxylation sites is 1. The number of H-pyrrole nitrogens is 1. The fraction of sp³-hybridized carbons (Fsp3) is 0.308. The summed E-state index contributed by atoms with van der Waals surface area (Å²) in [5.74, 6) is 0. The number of aryl methyl sites for hydroxylation is 1. The van der Waals surface area contributed by atoms with Gasteiger partial charge in [-0.25, -0.2) is 0 Å². The van der Waals surface area contributed by atoms with Crippen molar-refractivity contribution in [3.05, 3.63) is 35.5 Å². The van der Waals surface area contributed by atoms with Crippen molar-refractivity contribution in [2.75, 3.05) is 0 Å². The number of hydrogen-bond acceptors (Lipinski definition) is 2. The van der Waals surface area contributed by atoms with Crippen molar-refractivity contribution >= 4 is 17.2 Å². The van der Waals surface area contributed by atoms with Gasteiger partial charge >= 0.3 is 0 Å². The summed E-state index contributed by atoms with van der Waals surface area (Å²) in [6.07, 6.45) is 3.14. The van der Waals surface area contributed by atoms with Gasteiger partial charge in [0, 0.05) is 16.6 Å². The first-order valence-corrected chi connectivity index (χ1v) is 5.55. The van der Waals surface area contributed by atoms with Crippen LogP contribution in [0.15, 0.2) is 24.3 Å². The van der Waals surface area contributed by atoms with Crippen molar-refractivity contribution in [2.24, 2.45) is 5.73 Å². The van der Waals surface area contributed by atoms with Crippen LogP contribution in [0.4, 0.5) is 0 Å². The van der Waals surface area contributed by atoms with E-state index in [1.165, 1.54) is 16.6 Å². The van der Waals surface area contributed by atoms with Crippen LogP contribution in [-0.4, -0.2) is 16.8 Å². The molecule has 1 atom stereocenters. The molecule has 0 spiro atoms. The number of aldehydes is 1. The lowest BCUT2D eigenvalue weighted by molar-refractivity contribution is -0.112. The van der Waals surface area contributed by atoms with E-state index in [2.05, 4.69) is 17.1 Å². The highest BCUT2D eigenvalue weighted by molar-refractivity contribution is 5.86. The van der Waals surface area contributed by atoms with Crippen molar-refractivity contribution in [1.29, 1.82) is 0 Å². The summed E-state index contributed by atoms with van der Waals surface area (Å²) in [5, 5.41) is 1.20. The second-order valence-electron chi connectivity index (χ2n) is 4.66. The van der Waals surface area contributed by atoms with E-state index < -0.39 is 5.54 Å². The first kappa shape index (κ1) is 9.60. The molecule has 1 aromatic heterocycles. The van der Waals surface area contributed by atoms with E-state index in [1.807, 2.05) is 12.1 Å². The highest BCUT2D eigenvalue weighted by Crippen LogP contribution is 2.31. The van der Waals surface area contributed by atoms with Gasteiger partial charge in [0.05, 0.1) is 5.54 Å². The van der Waals surface area contributed by atoms with Gasteiger partial charge in [-0.3, -0.25) is 0 Å². The maximum absolute atomic E-state index is 11.0. The lowest BCUT2D eigenvalue weighted by atomic mass is 9.81. The third kappa shape index (κ3) is 1.28. The van der Waals surface area contributed by atoms with Gasteiger partial charge in [-0.2, -0.15) is 0 Å². The van der Waals surface area contributed by atoms with Crippen LogP contribution >= 0.6 is 0 Å². The Morgan fingerprint density at radius 2 is 2.19 bits per heavy atom. The van der Waals surface area contributed by atoms with Crippen LogP contribution in [0.3, 0.4) is 0 Å². The lowest BCUT2D eigenvalue weighted by Crippen LogP contribution is -2.46. The van der Waals surface area contributed by atoms with E-state index in [1.54, 1.807) is 0 Å². The number of benzene rings is 1. The van der Waals surface area contributed by atoms with Crippen LogP contribution in [0.2, 0.25) is 0 Å². The number of nitrogens with two attached hydrogens (primary N) is 1. The largest absolute Gasteiger partial charge is 0.358 e. The zero-order valence-electron chi connectivity index (χ0n) is 8.99. The average Bonchev–Trinajstić information content (AvgIpc) is 2.67. The summed E-state index contributed by atoms with van der Waals surface area (Å²) in [5.41, 5.74) is 8.97. The molecule has 1 heterocycles. The Bertz CT molecular complexity index is 558. The summed E-state index contributed by atoms with van der Waals surface area (Å²) < 4.78 is 0. The predicted molar refractivity (Wildman–Crippen MR) is 63.3 cm³/mol. The molecular weight excluding hydrogens is 200 g/mol. The Labute approximate surface area is 93.6 Å². The summed E-state index contributed by atoms with van der Waals surface area (Å²) in [7, 11) is 0. The molecule has 1 aliphatic carbocycles.